The molecule has 22 heteroatoms. The second-order valence-electron chi connectivity index (χ2n) is 33.3. The summed E-state index contributed by atoms with van der Waals surface area (Å²) < 4.78 is 21.9. The summed E-state index contributed by atoms with van der Waals surface area (Å²) in [7, 11) is 12.2. The van der Waals surface area contributed by atoms with Gasteiger partial charge in [-0.25, -0.2) is 9.97 Å². The first-order chi connectivity index (χ1) is 52.2. The Kier molecular flexibility index (Phi) is 43.9. The summed E-state index contributed by atoms with van der Waals surface area (Å²) in [4.78, 5) is 22.1. The van der Waals surface area contributed by atoms with Gasteiger partial charge in [0.25, 0.3) is 0 Å². The Morgan fingerprint density at radius 2 is 0.823 bits per heavy atom. The van der Waals surface area contributed by atoms with Crippen molar-refractivity contribution in [3.63, 3.8) is 0 Å². The SMILES string of the molecule is CC(C)(C)c1ccc([PH+](C(C)(C)C)C(C)(C)C)cc1.CC(C)(C)c1ccc([PH+](C(C)(C)C)C(C)(C)C)cc1.CI.Cc1cc2cc(-c3[c-]cccc3)ncc2n1C.Cc1cc2cc(-c3ccccc3)ncc2n1C.Cc1cc2cc(Cl)ncc2[nH]1.Cc1cc2cc(Cl)ncc2n1C.OB(O)c1ccccc1.[2H]CF.[Cl][Pd][Cl].[H-].[Ir].[Na+]. The van der Waals surface area contributed by atoms with Crippen LogP contribution in [0.25, 0.3) is 66.1 Å². The monoisotopic (exact) mass is 2040 g/mol. The first-order valence-corrected chi connectivity index (χ1v) is 46.7. The third kappa shape index (κ3) is 32.8. The van der Waals surface area contributed by atoms with Gasteiger partial charge in [0.1, 0.15) is 10.3 Å². The van der Waals surface area contributed by atoms with Crippen LogP contribution in [0.2, 0.25) is 10.3 Å². The van der Waals surface area contributed by atoms with E-state index >= 15 is 0 Å². The van der Waals surface area contributed by atoms with Crippen LogP contribution >= 0.6 is 80.7 Å². The molecule has 13 rings (SSSR count). The molecular weight excluding hydrogens is 1920 g/mol. The molecule has 0 saturated carbocycles. The van der Waals surface area contributed by atoms with Gasteiger partial charge < -0.3 is 35.1 Å². The van der Waals surface area contributed by atoms with E-state index in [1.807, 2.05) is 98.0 Å². The minimum Gasteiger partial charge on any atom is -1.00 e. The van der Waals surface area contributed by atoms with E-state index in [1.165, 1.54) is 50.0 Å². The van der Waals surface area contributed by atoms with Crippen molar-refractivity contribution >= 4 is 147 Å². The molecule has 0 unspecified atom stereocenters. The molecule has 0 amide bonds. The first kappa shape index (κ1) is 103. The number of fused-ring (bicyclic) bond motifs is 4. The molecule has 0 spiro atoms. The van der Waals surface area contributed by atoms with E-state index in [9.17, 15) is 4.39 Å². The van der Waals surface area contributed by atoms with Crippen molar-refractivity contribution in [1.29, 1.82) is 0 Å². The molecule has 3 N–H and O–H groups in total. The molecule has 1 radical (unpaired) electrons. The van der Waals surface area contributed by atoms with Gasteiger partial charge in [0, 0.05) is 108 Å². The van der Waals surface area contributed by atoms with Gasteiger partial charge in [0.05, 0.1) is 86.1 Å². The molecule has 0 aliphatic heterocycles. The maximum absolute atomic E-state index is 9.96. The number of halogens is 6. The number of hydrogen-bond donors (Lipinski definition) is 3. The number of alkyl halides is 2. The second kappa shape index (κ2) is 48.2. The summed E-state index contributed by atoms with van der Waals surface area (Å²) in [6, 6.07) is 65.4. The molecule has 13 aromatic rings. The van der Waals surface area contributed by atoms with E-state index in [0.29, 0.717) is 36.4 Å². The topological polar surface area (TPSA) is 123 Å². The van der Waals surface area contributed by atoms with Crippen LogP contribution in [0.1, 0.15) is 161 Å². The normalized spacial score (nSPS) is 11.3. The van der Waals surface area contributed by atoms with Gasteiger partial charge in [0.2, 0.25) is 0 Å². The first-order valence-electron chi connectivity index (χ1n) is 37.4. The van der Waals surface area contributed by atoms with Crippen LogP contribution in [0.5, 0.6) is 0 Å². The number of aromatic nitrogens is 8. The molecule has 8 aromatic heterocycles. The standard InChI is InChI=1S/2C18H31P.C15H14N2.C15H13N2.C9H9ClN2.C8H7ClN2.C6H7BO2.CH3F.CH3I.2ClH.Ir.Na.Pd.H/c2*1-16(2,3)14-10-12-15(13-11-14)19(17(4,5)6)18(7,8)9;2*1-11-8-13-9-14(12-6-4-3-5-7-12)16-10-15(13)17(11)2;1-6-3-7-4-9(10)11-5-8(7)12(6)2;1-5-2-6-3-8(9)10-4-7(6)11-5;8-7(9)6-4-2-1-3-5-6;2*1-2;;;;;;/h2*10-13H,1-9H3;3-10H,1-2H3;3-6,8-10H,1-2H3;3-5H,1-2H3;2-4,11H,1H3;1-5,8-9H;2*1H3;2*1H;;;;/q;;;-1;;;;;;;;;+1;+2;-1/i;;;;;;;1D;;;;;;;. The Morgan fingerprint density at radius 3 is 1.18 bits per heavy atom. The predicted molar refractivity (Wildman–Crippen MR) is 498 cm³/mol. The van der Waals surface area contributed by atoms with Crippen molar-refractivity contribution in [3.05, 3.63) is 257 Å². The van der Waals surface area contributed by atoms with Crippen molar-refractivity contribution in [1.82, 2.24) is 38.6 Å². The smallest absolute Gasteiger partial charge is 1.00 e. The van der Waals surface area contributed by atoms with E-state index < -0.39 is 30.1 Å². The minimum absolute atomic E-state index is 0. The summed E-state index contributed by atoms with van der Waals surface area (Å²) in [5.41, 5.74) is 17.4. The third-order valence-electron chi connectivity index (χ3n) is 18.3. The molecule has 5 aromatic carbocycles. The Balaban J connectivity index is 0.000000664. The average molecular weight is 2040 g/mol. The molecule has 8 heterocycles. The van der Waals surface area contributed by atoms with E-state index in [0.717, 1.165) is 50.0 Å². The van der Waals surface area contributed by atoms with Gasteiger partial charge in [-0.15, -0.1) is 35.9 Å². The maximum atomic E-state index is 9.96. The van der Waals surface area contributed by atoms with Crippen LogP contribution < -0.4 is 45.6 Å². The summed E-state index contributed by atoms with van der Waals surface area (Å²) in [5.74, 6) is 0. The van der Waals surface area contributed by atoms with Gasteiger partial charge in [0.15, 0.2) is 0 Å². The van der Waals surface area contributed by atoms with Crippen molar-refractivity contribution in [2.75, 3.05) is 12.1 Å². The molecule has 10 nitrogen and oxygen atoms in total. The van der Waals surface area contributed by atoms with Crippen molar-refractivity contribution in [2.24, 2.45) is 21.1 Å². The van der Waals surface area contributed by atoms with E-state index in [4.69, 9.17) is 53.7 Å². The fraction of sp³-hybridized carbons (Fsp3) is 0.363. The van der Waals surface area contributed by atoms with Crippen LogP contribution in [0.3, 0.4) is 0 Å². The van der Waals surface area contributed by atoms with Crippen LogP contribution in [0.15, 0.2) is 207 Å². The van der Waals surface area contributed by atoms with E-state index in [-0.39, 0.29) is 77.9 Å². The number of H-pyrrole nitrogens is 1. The van der Waals surface area contributed by atoms with Crippen LogP contribution in [0, 0.1) is 33.8 Å². The quantitative estimate of drug-likeness (QED) is 0.0394. The fourth-order valence-corrected chi connectivity index (χ4v) is 22.9. The zero-order valence-electron chi connectivity index (χ0n) is 73.4. The number of hydrogen-bond acceptors (Lipinski definition) is 6. The summed E-state index contributed by atoms with van der Waals surface area (Å²) in [5, 5.41) is 27.6. The number of nitrogens with zero attached hydrogens (tertiary/aromatic N) is 7. The summed E-state index contributed by atoms with van der Waals surface area (Å²) in [6.45, 7) is 50.7. The number of rotatable bonds is 5. The minimum atomic E-state index is -1.34. The summed E-state index contributed by atoms with van der Waals surface area (Å²) in [6.07, 6.45) is 7.42. The fourth-order valence-electron chi connectivity index (χ4n) is 13.6. The molecule has 0 bridgehead atoms. The Labute approximate surface area is 757 Å². The van der Waals surface area contributed by atoms with E-state index in [2.05, 4.69) is 318 Å². The van der Waals surface area contributed by atoms with Crippen molar-refractivity contribution < 1.29 is 82.8 Å². The Hall–Kier alpha value is -4.16. The third-order valence-corrected chi connectivity index (χ3v) is 26.5. The molecule has 0 saturated heterocycles. The van der Waals surface area contributed by atoms with Gasteiger partial charge >= 0.3 is 71.7 Å². The number of benzene rings is 5. The zero-order valence-corrected chi connectivity index (χ0v) is 84.5. The average Bonchev–Trinajstić information content (AvgIpc) is 1.76. The predicted octanol–water partition coefficient (Wildman–Crippen LogP) is 22.3. The van der Waals surface area contributed by atoms with Gasteiger partial charge in [-0.2, -0.15) is 0 Å². The summed E-state index contributed by atoms with van der Waals surface area (Å²) >= 11 is 13.5. The Bertz CT molecular complexity index is 4740. The molecule has 113 heavy (non-hydrogen) atoms. The molecule has 0 atom stereocenters. The number of nitrogens with one attached hydrogen (secondary N) is 1. The molecule has 611 valence electrons. The number of aromatic amines is 1. The molecule has 0 aliphatic rings. The molecule has 0 fully saturated rings. The van der Waals surface area contributed by atoms with E-state index in [1.54, 1.807) is 47.3 Å². The number of pyridine rings is 4. The van der Waals surface area contributed by atoms with Gasteiger partial charge in [-0.1, -0.05) is 178 Å². The Morgan fingerprint density at radius 1 is 0.487 bits per heavy atom. The van der Waals surface area contributed by atoms with Crippen LogP contribution in [-0.4, -0.2) is 88.5 Å². The number of aryl methyl sites for hydroxylation is 7. The molecular formula is C91H121BCl4FIIrN8NaO2P2Pd+. The van der Waals surface area contributed by atoms with Gasteiger partial charge in [-0.05, 0) is 221 Å². The maximum Gasteiger partial charge on any atom is 1.00 e. The largest absolute Gasteiger partial charge is 1.00 e. The zero-order chi connectivity index (χ0) is 84.4. The van der Waals surface area contributed by atoms with Crippen molar-refractivity contribution in [3.8, 4) is 22.5 Å². The van der Waals surface area contributed by atoms with Crippen LogP contribution in [0.4, 0.5) is 4.39 Å². The van der Waals surface area contributed by atoms with Gasteiger partial charge in [-0.3, -0.25) is 9.37 Å². The molecule has 0 aliphatic carbocycles. The second-order valence-corrected chi connectivity index (χ2v) is 45.1. The van der Waals surface area contributed by atoms with Crippen molar-refractivity contribution in [2.45, 2.75) is 184 Å². The van der Waals surface area contributed by atoms with Crippen LogP contribution in [-0.2, 0) is 68.0 Å².